The van der Waals surface area contributed by atoms with Crippen molar-refractivity contribution in [2.24, 2.45) is 0 Å². The molecule has 0 unspecified atom stereocenters. The minimum atomic E-state index is 1.13. The van der Waals surface area contributed by atoms with Crippen LogP contribution >= 0.6 is 0 Å². The van der Waals surface area contributed by atoms with E-state index < -0.39 is 0 Å². The van der Waals surface area contributed by atoms with Crippen molar-refractivity contribution in [3.63, 3.8) is 0 Å². The van der Waals surface area contributed by atoms with E-state index in [9.17, 15) is 0 Å². The molecule has 0 aromatic heterocycles. The molecule has 0 spiro atoms. The van der Waals surface area contributed by atoms with Crippen LogP contribution in [-0.2, 0) is 0 Å². The zero-order valence-electron chi connectivity index (χ0n) is 8.17. The van der Waals surface area contributed by atoms with Gasteiger partial charge in [-0.2, -0.15) is 0 Å². The third-order valence-electron chi connectivity index (χ3n) is 2.03. The summed E-state index contributed by atoms with van der Waals surface area (Å²) >= 11 is 0. The van der Waals surface area contributed by atoms with E-state index in [1.54, 1.807) is 0 Å². The van der Waals surface area contributed by atoms with E-state index in [2.05, 4.69) is 50.1 Å². The van der Waals surface area contributed by atoms with Gasteiger partial charge >= 0.3 is 0 Å². The van der Waals surface area contributed by atoms with Crippen LogP contribution in [-0.4, -0.2) is 13.6 Å². The van der Waals surface area contributed by atoms with Crippen LogP contribution in [0.5, 0.6) is 0 Å². The second kappa shape index (κ2) is 4.15. The summed E-state index contributed by atoms with van der Waals surface area (Å²) in [5.41, 5.74) is 2.63. The maximum atomic E-state index is 2.28. The van der Waals surface area contributed by atoms with Crippen molar-refractivity contribution < 1.29 is 0 Å². The summed E-state index contributed by atoms with van der Waals surface area (Å²) < 4.78 is 0. The smallest absolute Gasteiger partial charge is 0.0363 e. The zero-order valence-corrected chi connectivity index (χ0v) is 8.17. The number of benzene rings is 1. The fraction of sp³-hybridized carbons (Fsp3) is 0.455. The molecule has 0 atom stereocenters. The van der Waals surface area contributed by atoms with Gasteiger partial charge < -0.3 is 4.90 Å². The van der Waals surface area contributed by atoms with Gasteiger partial charge in [0.15, 0.2) is 0 Å². The van der Waals surface area contributed by atoms with Crippen LogP contribution in [0.25, 0.3) is 0 Å². The van der Waals surface area contributed by atoms with Gasteiger partial charge in [-0.3, -0.25) is 0 Å². The summed E-state index contributed by atoms with van der Waals surface area (Å²) in [5.74, 6) is 0. The van der Waals surface area contributed by atoms with Crippen molar-refractivity contribution in [1.29, 1.82) is 0 Å². The summed E-state index contributed by atoms with van der Waals surface area (Å²) in [6.45, 7) is 5.44. The van der Waals surface area contributed by atoms with E-state index in [1.165, 1.54) is 17.7 Å². The molecule has 0 saturated carbocycles. The second-order valence-corrected chi connectivity index (χ2v) is 3.26. The summed E-state index contributed by atoms with van der Waals surface area (Å²) in [7, 11) is 2.13. The van der Waals surface area contributed by atoms with Gasteiger partial charge in [0.1, 0.15) is 0 Å². The quantitative estimate of drug-likeness (QED) is 0.662. The largest absolute Gasteiger partial charge is 0.375 e. The number of aryl methyl sites for hydroxylation is 1. The Morgan fingerprint density at radius 3 is 2.25 bits per heavy atom. The molecule has 1 heteroatoms. The van der Waals surface area contributed by atoms with E-state index >= 15 is 0 Å². The van der Waals surface area contributed by atoms with Crippen LogP contribution in [0.15, 0.2) is 24.3 Å². The highest BCUT2D eigenvalue weighted by atomic mass is 15.1. The minimum absolute atomic E-state index is 1.13. The van der Waals surface area contributed by atoms with Crippen molar-refractivity contribution in [1.82, 2.24) is 0 Å². The van der Waals surface area contributed by atoms with Crippen molar-refractivity contribution >= 4 is 5.69 Å². The molecular formula is C11H17N. The second-order valence-electron chi connectivity index (χ2n) is 3.26. The number of nitrogens with zero attached hydrogens (tertiary/aromatic N) is 1. The van der Waals surface area contributed by atoms with Crippen molar-refractivity contribution in [3.05, 3.63) is 29.8 Å². The predicted molar refractivity (Wildman–Crippen MR) is 54.7 cm³/mol. The molecule has 0 heterocycles. The summed E-state index contributed by atoms with van der Waals surface area (Å²) in [6.07, 6.45) is 1.20. The molecular weight excluding hydrogens is 146 g/mol. The molecule has 1 aromatic carbocycles. The molecule has 0 amide bonds. The Bertz CT molecular complexity index is 225. The number of anilines is 1. The van der Waals surface area contributed by atoms with Crippen LogP contribution < -0.4 is 4.90 Å². The fourth-order valence-corrected chi connectivity index (χ4v) is 1.26. The van der Waals surface area contributed by atoms with Crippen LogP contribution in [0.1, 0.15) is 18.9 Å². The summed E-state index contributed by atoms with van der Waals surface area (Å²) in [5, 5.41) is 0. The van der Waals surface area contributed by atoms with E-state index in [-0.39, 0.29) is 0 Å². The lowest BCUT2D eigenvalue weighted by Crippen LogP contribution is -2.17. The molecule has 12 heavy (non-hydrogen) atoms. The number of rotatable bonds is 3. The van der Waals surface area contributed by atoms with Gasteiger partial charge in [-0.15, -0.1) is 0 Å². The number of hydrogen-bond acceptors (Lipinski definition) is 1. The molecule has 1 nitrogen and oxygen atoms in total. The lowest BCUT2D eigenvalue weighted by molar-refractivity contribution is 0.852. The Labute approximate surface area is 75.0 Å². The van der Waals surface area contributed by atoms with Crippen LogP contribution in [0.3, 0.4) is 0 Å². The molecule has 0 aliphatic heterocycles. The highest BCUT2D eigenvalue weighted by Crippen LogP contribution is 2.12. The summed E-state index contributed by atoms with van der Waals surface area (Å²) in [4.78, 5) is 2.28. The highest BCUT2D eigenvalue weighted by molar-refractivity contribution is 5.46. The summed E-state index contributed by atoms with van der Waals surface area (Å²) in [6, 6.07) is 8.65. The average Bonchev–Trinajstić information content (AvgIpc) is 2.06. The Kier molecular flexibility index (Phi) is 3.15. The van der Waals surface area contributed by atoms with Gasteiger partial charge in [-0.05, 0) is 25.5 Å². The van der Waals surface area contributed by atoms with E-state index in [1.807, 2.05) is 0 Å². The standard InChI is InChI=1S/C11H17N/c1-4-9-12(3)11-7-5-10(2)6-8-11/h5-8H,4,9H2,1-3H3. The first-order chi connectivity index (χ1) is 5.74. The number of hydrogen-bond donors (Lipinski definition) is 0. The Morgan fingerprint density at radius 1 is 1.17 bits per heavy atom. The van der Waals surface area contributed by atoms with Crippen LogP contribution in [0.4, 0.5) is 5.69 Å². The maximum Gasteiger partial charge on any atom is 0.0363 e. The van der Waals surface area contributed by atoms with Crippen molar-refractivity contribution in [2.75, 3.05) is 18.5 Å². The molecule has 1 aromatic rings. The first-order valence-electron chi connectivity index (χ1n) is 4.52. The van der Waals surface area contributed by atoms with Crippen LogP contribution in [0.2, 0.25) is 0 Å². The topological polar surface area (TPSA) is 3.24 Å². The fourth-order valence-electron chi connectivity index (χ4n) is 1.26. The van der Waals surface area contributed by atoms with Gasteiger partial charge in [0.2, 0.25) is 0 Å². The molecule has 0 aliphatic rings. The van der Waals surface area contributed by atoms with E-state index in [4.69, 9.17) is 0 Å². The Balaban J connectivity index is 2.68. The zero-order chi connectivity index (χ0) is 8.97. The third kappa shape index (κ3) is 2.26. The van der Waals surface area contributed by atoms with Gasteiger partial charge in [0.05, 0.1) is 0 Å². The molecule has 0 aliphatic carbocycles. The SMILES string of the molecule is CCCN(C)c1ccc(C)cc1. The Hall–Kier alpha value is -0.980. The normalized spacial score (nSPS) is 9.92. The van der Waals surface area contributed by atoms with Gasteiger partial charge in [-0.25, -0.2) is 0 Å². The molecule has 0 radical (unpaired) electrons. The maximum absolute atomic E-state index is 2.28. The molecule has 1 rings (SSSR count). The molecule has 0 N–H and O–H groups in total. The van der Waals surface area contributed by atoms with Crippen LogP contribution in [0, 0.1) is 6.92 Å². The molecule has 66 valence electrons. The van der Waals surface area contributed by atoms with E-state index in [0.29, 0.717) is 0 Å². The van der Waals surface area contributed by atoms with E-state index in [0.717, 1.165) is 6.54 Å². The highest BCUT2D eigenvalue weighted by Gasteiger charge is 1.96. The van der Waals surface area contributed by atoms with Gasteiger partial charge in [0.25, 0.3) is 0 Å². The van der Waals surface area contributed by atoms with Gasteiger partial charge in [-0.1, -0.05) is 24.6 Å². The predicted octanol–water partition coefficient (Wildman–Crippen LogP) is 2.84. The molecule has 0 bridgehead atoms. The monoisotopic (exact) mass is 163 g/mol. The lowest BCUT2D eigenvalue weighted by Gasteiger charge is -2.18. The van der Waals surface area contributed by atoms with Gasteiger partial charge in [0, 0.05) is 19.3 Å². The van der Waals surface area contributed by atoms with Crippen molar-refractivity contribution in [3.8, 4) is 0 Å². The first kappa shape index (κ1) is 9.11. The first-order valence-corrected chi connectivity index (χ1v) is 4.52. The van der Waals surface area contributed by atoms with Crippen molar-refractivity contribution in [2.45, 2.75) is 20.3 Å². The molecule has 0 saturated heterocycles. The lowest BCUT2D eigenvalue weighted by atomic mass is 10.2. The average molecular weight is 163 g/mol. The Morgan fingerprint density at radius 2 is 1.75 bits per heavy atom. The third-order valence-corrected chi connectivity index (χ3v) is 2.03. The minimum Gasteiger partial charge on any atom is -0.375 e. The molecule has 0 fully saturated rings.